The van der Waals surface area contributed by atoms with Gasteiger partial charge in [0.2, 0.25) is 11.8 Å². The molecule has 0 bridgehead atoms. The fourth-order valence-corrected chi connectivity index (χ4v) is 20.8. The van der Waals surface area contributed by atoms with Crippen molar-refractivity contribution < 1.29 is 113 Å². The van der Waals surface area contributed by atoms with Crippen LogP contribution in [0.4, 0.5) is 80.9 Å². The molecule has 138 heavy (non-hydrogen) atoms. The van der Waals surface area contributed by atoms with Gasteiger partial charge in [0.25, 0.3) is 26.5 Å². The van der Waals surface area contributed by atoms with Crippen LogP contribution < -0.4 is 34.5 Å². The topological polar surface area (TPSA) is 330 Å². The molecule has 43 heteroatoms. The molecule has 14 rings (SSSR count). The fourth-order valence-electron chi connectivity index (χ4n) is 17.7. The number of rotatable bonds is 25. The number of alkyl halides is 9. The van der Waals surface area contributed by atoms with Gasteiger partial charge in [-0.1, -0.05) is 108 Å². The number of ether oxygens (including phenoxy) is 4. The lowest BCUT2D eigenvalue weighted by Crippen LogP contribution is -2.57. The molecule has 744 valence electrons. The third-order valence-electron chi connectivity index (χ3n) is 24.7. The zero-order valence-electron chi connectivity index (χ0n) is 76.8. The summed E-state index contributed by atoms with van der Waals surface area (Å²) in [6, 6.07) is 33.6. The number of carboxylic acid groups (broad SMARTS) is 1. The van der Waals surface area contributed by atoms with E-state index >= 15 is 8.78 Å². The molecule has 2 saturated heterocycles. The van der Waals surface area contributed by atoms with E-state index in [-0.39, 0.29) is 94.1 Å². The summed E-state index contributed by atoms with van der Waals surface area (Å²) < 4.78 is 231. The zero-order chi connectivity index (χ0) is 101. The minimum atomic E-state index is -4.66. The highest BCUT2D eigenvalue weighted by Gasteiger charge is 2.46. The van der Waals surface area contributed by atoms with E-state index in [1.807, 2.05) is 54.2 Å². The number of carbonyl (C=O) groups is 5. The number of hydrogen-bond acceptors (Lipinski definition) is 21. The van der Waals surface area contributed by atoms with E-state index in [1.54, 1.807) is 88.1 Å². The van der Waals surface area contributed by atoms with Crippen LogP contribution in [-0.2, 0) is 75.6 Å². The molecule has 4 amide bonds. The van der Waals surface area contributed by atoms with Crippen molar-refractivity contribution in [1.29, 1.82) is 0 Å². The van der Waals surface area contributed by atoms with Gasteiger partial charge in [-0.3, -0.25) is 19.1 Å². The second kappa shape index (κ2) is 45.8. The minimum absolute atomic E-state index is 0.0312. The lowest BCUT2D eigenvalue weighted by molar-refractivity contribution is -0.142. The van der Waals surface area contributed by atoms with E-state index in [0.29, 0.717) is 118 Å². The Bertz CT molecular complexity index is 5950. The number of nitrogens with one attached hydrogen (secondary N) is 4. The van der Waals surface area contributed by atoms with Crippen molar-refractivity contribution in [2.75, 3.05) is 95.3 Å². The number of sulfonamides is 2. The van der Waals surface area contributed by atoms with Crippen LogP contribution in [0.2, 0.25) is 10.0 Å². The smallest absolute Gasteiger partial charge is 0.416 e. The number of alkyl carbamates (subject to hydrolysis) is 1. The highest BCUT2D eigenvalue weighted by atomic mass is 35.5. The lowest BCUT2D eigenvalue weighted by Gasteiger charge is -2.45. The molecule has 5 fully saturated rings. The first-order valence-electron chi connectivity index (χ1n) is 43.8. The average Bonchev–Trinajstić information content (AvgIpc) is 0.758. The highest BCUT2D eigenvalue weighted by molar-refractivity contribution is 7.93. The Labute approximate surface area is 802 Å². The molecule has 7 aromatic carbocycles. The molecule has 0 spiro atoms. The third-order valence-corrected chi connectivity index (χ3v) is 28.5. The molecule has 4 heterocycles. The molecule has 5 aliphatic rings. The Morgan fingerprint density at radius 3 is 1.41 bits per heavy atom. The maximum absolute atomic E-state index is 16.2. The third kappa shape index (κ3) is 27.6. The van der Waals surface area contributed by atoms with Gasteiger partial charge in [-0.2, -0.15) is 39.5 Å². The molecule has 3 saturated carbocycles. The van der Waals surface area contributed by atoms with Gasteiger partial charge in [-0.15, -0.1) is 0 Å². The predicted octanol–water partition coefficient (Wildman–Crippen LogP) is 18.3. The van der Waals surface area contributed by atoms with Crippen LogP contribution in [0.5, 0.6) is 11.5 Å². The van der Waals surface area contributed by atoms with Crippen molar-refractivity contribution in [2.45, 2.75) is 180 Å². The average molecular weight is 2010 g/mol. The van der Waals surface area contributed by atoms with Gasteiger partial charge in [0.1, 0.15) is 69.4 Å². The monoisotopic (exact) mass is 2010 g/mol. The van der Waals surface area contributed by atoms with Crippen molar-refractivity contribution in [3.8, 4) is 11.5 Å². The number of likely N-dealkylation sites (N-methyl/N-ethyl adjacent to an activating group) is 3. The first-order chi connectivity index (χ1) is 65.1. The number of hydrogen-bond donors (Lipinski definition) is 5. The van der Waals surface area contributed by atoms with Gasteiger partial charge in [-0.25, -0.2) is 59.4 Å². The number of aromatic nitrogens is 4. The number of amides is 4. The number of carbonyl (C=O) groups excluding carboxylic acids is 4. The maximum atomic E-state index is 16.2. The summed E-state index contributed by atoms with van der Waals surface area (Å²) in [5.41, 5.74) is 0.198. The van der Waals surface area contributed by atoms with Crippen molar-refractivity contribution >= 4 is 96.7 Å². The van der Waals surface area contributed by atoms with Crippen molar-refractivity contribution in [3.63, 3.8) is 0 Å². The number of benzene rings is 7. The molecule has 9 atom stereocenters. The molecule has 9 aromatic rings. The summed E-state index contributed by atoms with van der Waals surface area (Å²) in [6.45, 7) is 7.15. The number of likely N-dealkylation sites (tertiary alicyclic amines) is 2. The summed E-state index contributed by atoms with van der Waals surface area (Å²) >= 11 is 13.2. The Morgan fingerprint density at radius 1 is 0.543 bits per heavy atom. The second-order valence-electron chi connectivity index (χ2n) is 35.3. The Kier molecular flexibility index (Phi) is 35.3. The lowest BCUT2D eigenvalue weighted by atomic mass is 9.77. The van der Waals surface area contributed by atoms with Crippen molar-refractivity contribution in [1.82, 2.24) is 49.8 Å². The maximum Gasteiger partial charge on any atom is 0.416 e. The van der Waals surface area contributed by atoms with Gasteiger partial charge in [-0.05, 0) is 193 Å². The van der Waals surface area contributed by atoms with Gasteiger partial charge in [0, 0.05) is 89.5 Å². The quantitative estimate of drug-likeness (QED) is 0.0262. The van der Waals surface area contributed by atoms with Crippen LogP contribution in [0.25, 0.3) is 0 Å². The fraction of sp³-hybridized carbons (Fsp3) is 0.421. The molecule has 0 radical (unpaired) electrons. The predicted molar refractivity (Wildman–Crippen MR) is 495 cm³/mol. The number of methoxy groups -OCH3 is 2. The Morgan fingerprint density at radius 2 is 0.986 bits per heavy atom. The van der Waals surface area contributed by atoms with E-state index in [2.05, 4.69) is 40.6 Å². The van der Waals surface area contributed by atoms with Crippen molar-refractivity contribution in [3.05, 3.63) is 249 Å². The second-order valence-corrected chi connectivity index (χ2v) is 39.6. The van der Waals surface area contributed by atoms with E-state index in [0.717, 1.165) is 76.9 Å². The van der Waals surface area contributed by atoms with Gasteiger partial charge in [0.05, 0.1) is 94.9 Å². The SMILES string of the molecule is CN(C(=O)OCc1ccccc1)[C@H]1C[C@@H](c2cccc(C(F)(F)F)c2)CC[C@@H]1NC(=O)OC(C)(C)C.CN1CC(C(=O)N(C)[C@H]2C[C@@H](c3cccc(C(F)(F)F)c3)CC[C@@H]2Nc2cc(F)c(S(=O)(=O)Nc3ccncn3)cc2Cl)C1.COc1ccc(CN(c2ccncn2)S(=O)(=O)c2cc(Cl)c(N[C@H]3CC[C@H](c4cccc(C(F)(F)F)c4)C[C@@H]3N(C)C(=O)C3CN(C)C3)cc2F)c(OC)c1.O=CO. The number of nitrogens with zero attached hydrogens (tertiary/aromatic N) is 10. The van der Waals surface area contributed by atoms with Crippen LogP contribution in [0.15, 0.2) is 193 Å². The summed E-state index contributed by atoms with van der Waals surface area (Å²) in [6.07, 6.45) is -5.78. The number of halogens is 13. The summed E-state index contributed by atoms with van der Waals surface area (Å²) in [4.78, 5) is 83.6. The van der Waals surface area contributed by atoms with Crippen LogP contribution in [0.1, 0.15) is 141 Å². The standard InChI is InChI=1S/C38H41ClF4N6O5S.C29H31ClF4N6O3S.C27H33F3N2O4.CH2O2/c1-47-19-26(20-47)37(50)48(2)33-15-24(23-6-5-7-27(14-23)38(41,42)43)9-11-31(33)46-32-18-30(40)35(17-29(32)39)55(51,52)49(36-12-13-44-22-45-36)21-25-8-10-28(53-3)16-34(25)54-4;1-39-14-19(15-39)28(41)40(2)25-11-18(17-4-3-5-20(10-17)29(32,33)34)6-7-23(25)37-24-13-22(31)26(12-21(24)30)44(42,43)38-27-8-9-35-16-36-27;1-26(2,3)36-24(33)31-22-14-13-20(19-11-8-12-21(15-19)27(28,29)30)16-23(22)32(4)25(34)35-17-18-9-6-5-7-10-18;2-1-3/h5-8,10,12-14,16-18,22,24,26,31,33,46H,9,11,15,19-21H2,1-4H3;3-5,8-10,12-13,16,18-19,23,25,37H,6-7,11,14-15H2,1-2H3,(H,35,36,38);5-12,15,20,22-23H,13-14,16-17H2,1-4H3,(H,31,33);1H,(H,2,3)/t24-,31-,33-;18-,23-,25-;20-,22-,23-;/m000./s1. The molecular weight excluding hydrogens is 1910 g/mol. The summed E-state index contributed by atoms with van der Waals surface area (Å²) in [5.74, 6) is -2.81. The summed E-state index contributed by atoms with van der Waals surface area (Å²) in [5, 5.41) is 16.0. The molecule has 2 aliphatic heterocycles. The van der Waals surface area contributed by atoms with Crippen molar-refractivity contribution in [2.24, 2.45) is 11.8 Å². The molecule has 3 aliphatic carbocycles. The summed E-state index contributed by atoms with van der Waals surface area (Å²) in [7, 11) is 2.60. The molecule has 5 N–H and O–H groups in total. The normalized spacial score (nSPS) is 19.9. The zero-order valence-corrected chi connectivity index (χ0v) is 80.0. The number of anilines is 4. The first-order valence-corrected chi connectivity index (χ1v) is 47.5. The van der Waals surface area contributed by atoms with Crippen LogP contribution in [0, 0.1) is 23.5 Å². The van der Waals surface area contributed by atoms with E-state index < -0.39 is 131 Å². The van der Waals surface area contributed by atoms with Crippen LogP contribution in [0.3, 0.4) is 0 Å². The van der Waals surface area contributed by atoms with E-state index in [9.17, 15) is 75.5 Å². The first kappa shape index (κ1) is 107. The molecule has 28 nitrogen and oxygen atoms in total. The molecular formula is C95H107Cl2F11N14O14S2. The largest absolute Gasteiger partial charge is 0.497 e. The van der Waals surface area contributed by atoms with Gasteiger partial charge in [0.15, 0.2) is 0 Å². The van der Waals surface area contributed by atoms with Crippen LogP contribution >= 0.6 is 23.2 Å². The minimum Gasteiger partial charge on any atom is -0.497 e. The van der Waals surface area contributed by atoms with Gasteiger partial charge < -0.3 is 64.5 Å². The molecule has 0 unspecified atom stereocenters. The van der Waals surface area contributed by atoms with E-state index in [4.69, 9.17) is 52.1 Å². The Balaban J connectivity index is 0.000000200. The molecule has 2 aromatic heterocycles. The van der Waals surface area contributed by atoms with E-state index in [1.165, 1.54) is 68.2 Å². The van der Waals surface area contributed by atoms with Gasteiger partial charge >= 0.3 is 30.7 Å². The van der Waals surface area contributed by atoms with Crippen LogP contribution in [-0.4, -0.2) is 214 Å². The Hall–Kier alpha value is -11.9. The highest BCUT2D eigenvalue weighted by Crippen LogP contribution is 2.46.